The quantitative estimate of drug-likeness (QED) is 0.454. The highest BCUT2D eigenvalue weighted by Crippen LogP contribution is 2.35. The zero-order valence-corrected chi connectivity index (χ0v) is 20.3. The molecule has 1 atom stereocenters. The van der Waals surface area contributed by atoms with E-state index in [-0.39, 0.29) is 24.4 Å². The Morgan fingerprint density at radius 1 is 1.12 bits per heavy atom. The minimum atomic E-state index is -0.914. The van der Waals surface area contributed by atoms with Crippen molar-refractivity contribution in [3.8, 4) is 11.5 Å². The lowest BCUT2D eigenvalue weighted by molar-refractivity contribution is -0.127. The van der Waals surface area contributed by atoms with Crippen LogP contribution in [0.3, 0.4) is 0 Å². The van der Waals surface area contributed by atoms with E-state index >= 15 is 0 Å². The van der Waals surface area contributed by atoms with E-state index < -0.39 is 6.04 Å². The van der Waals surface area contributed by atoms with Crippen LogP contribution >= 0.6 is 11.3 Å². The predicted molar refractivity (Wildman–Crippen MR) is 130 cm³/mol. The number of methoxy groups -OCH3 is 2. The lowest BCUT2D eigenvalue weighted by Crippen LogP contribution is -2.46. The van der Waals surface area contributed by atoms with Crippen molar-refractivity contribution in [2.24, 2.45) is 0 Å². The van der Waals surface area contributed by atoms with E-state index in [0.29, 0.717) is 27.7 Å². The predicted octanol–water partition coefficient (Wildman–Crippen LogP) is 5.19. The van der Waals surface area contributed by atoms with Crippen molar-refractivity contribution >= 4 is 23.2 Å². The first kappa shape index (κ1) is 23.9. The average Bonchev–Trinajstić information content (AvgIpc) is 3.58. The molecule has 0 radical (unpaired) electrons. The Morgan fingerprint density at radius 2 is 1.94 bits per heavy atom. The highest BCUT2D eigenvalue weighted by atomic mass is 32.1. The smallest absolute Gasteiger partial charge is 0.265 e. The molecule has 2 heterocycles. The number of furan rings is 1. The van der Waals surface area contributed by atoms with Crippen LogP contribution in [-0.2, 0) is 11.3 Å². The second-order valence-corrected chi connectivity index (χ2v) is 9.29. The van der Waals surface area contributed by atoms with Gasteiger partial charge in [0, 0.05) is 17.7 Å². The maximum Gasteiger partial charge on any atom is 0.265 e. The molecule has 1 fully saturated rings. The van der Waals surface area contributed by atoms with Gasteiger partial charge in [0.05, 0.1) is 31.9 Å². The largest absolute Gasteiger partial charge is 0.497 e. The third kappa shape index (κ3) is 5.44. The molecule has 0 unspecified atom stereocenters. The number of benzene rings is 1. The molecule has 1 aliphatic carbocycles. The van der Waals surface area contributed by atoms with E-state index in [1.807, 2.05) is 11.4 Å². The minimum absolute atomic E-state index is 0.0929. The Kier molecular flexibility index (Phi) is 7.90. The third-order valence-corrected chi connectivity index (χ3v) is 7.00. The van der Waals surface area contributed by atoms with Crippen LogP contribution < -0.4 is 14.8 Å². The number of thiophene rings is 1. The Bertz CT molecular complexity index is 1070. The van der Waals surface area contributed by atoms with Gasteiger partial charge in [-0.2, -0.15) is 0 Å². The number of amides is 2. The minimum Gasteiger partial charge on any atom is -0.497 e. The number of hydrogen-bond acceptors (Lipinski definition) is 6. The Balaban J connectivity index is 1.77. The second-order valence-electron chi connectivity index (χ2n) is 8.34. The molecule has 1 N–H and O–H groups in total. The van der Waals surface area contributed by atoms with E-state index in [9.17, 15) is 9.59 Å². The van der Waals surface area contributed by atoms with Crippen LogP contribution in [0.4, 0.5) is 0 Å². The van der Waals surface area contributed by atoms with Crippen LogP contribution in [0.25, 0.3) is 0 Å². The molecule has 0 bridgehead atoms. The first-order valence-electron chi connectivity index (χ1n) is 11.5. The SMILES string of the molecule is COc1ccc([C@@H](C(=O)NC2CCCCC2)N(Cc2ccco2)C(=O)c2cccs2)c(OC)c1. The summed E-state index contributed by atoms with van der Waals surface area (Å²) in [4.78, 5) is 29.7. The fraction of sp³-hybridized carbons (Fsp3) is 0.385. The van der Waals surface area contributed by atoms with E-state index in [0.717, 1.165) is 25.7 Å². The highest BCUT2D eigenvalue weighted by molar-refractivity contribution is 7.12. The highest BCUT2D eigenvalue weighted by Gasteiger charge is 2.36. The molecular weight excluding hydrogens is 452 g/mol. The van der Waals surface area contributed by atoms with Gasteiger partial charge in [0.25, 0.3) is 5.91 Å². The van der Waals surface area contributed by atoms with Crippen molar-refractivity contribution in [3.63, 3.8) is 0 Å². The van der Waals surface area contributed by atoms with Gasteiger partial charge in [-0.3, -0.25) is 9.59 Å². The van der Waals surface area contributed by atoms with Gasteiger partial charge in [0.2, 0.25) is 5.91 Å². The number of nitrogens with zero attached hydrogens (tertiary/aromatic N) is 1. The molecule has 0 spiro atoms. The summed E-state index contributed by atoms with van der Waals surface area (Å²) in [5, 5.41) is 5.06. The van der Waals surface area contributed by atoms with Crippen LogP contribution in [0.1, 0.15) is 59.1 Å². The summed E-state index contributed by atoms with van der Waals surface area (Å²) in [6.07, 6.45) is 6.81. The van der Waals surface area contributed by atoms with E-state index in [1.54, 1.807) is 61.8 Å². The Hall–Kier alpha value is -3.26. The van der Waals surface area contributed by atoms with Crippen LogP contribution in [0.15, 0.2) is 58.5 Å². The van der Waals surface area contributed by atoms with Crippen molar-refractivity contribution in [1.82, 2.24) is 10.2 Å². The molecule has 0 saturated heterocycles. The second kappa shape index (κ2) is 11.2. The van der Waals surface area contributed by atoms with Crippen LogP contribution in [0.5, 0.6) is 11.5 Å². The monoisotopic (exact) mass is 482 g/mol. The average molecular weight is 483 g/mol. The van der Waals surface area contributed by atoms with Crippen molar-refractivity contribution in [2.75, 3.05) is 14.2 Å². The zero-order chi connectivity index (χ0) is 23.9. The van der Waals surface area contributed by atoms with Gasteiger partial charge in [-0.15, -0.1) is 11.3 Å². The summed E-state index contributed by atoms with van der Waals surface area (Å²) in [5.41, 5.74) is 0.591. The van der Waals surface area contributed by atoms with Gasteiger partial charge in [-0.1, -0.05) is 25.3 Å². The fourth-order valence-electron chi connectivity index (χ4n) is 4.41. The molecule has 1 aliphatic rings. The maximum atomic E-state index is 13.9. The molecule has 2 aromatic heterocycles. The van der Waals surface area contributed by atoms with Crippen LogP contribution in [-0.4, -0.2) is 37.0 Å². The van der Waals surface area contributed by atoms with Crippen LogP contribution in [0.2, 0.25) is 0 Å². The molecule has 7 nitrogen and oxygen atoms in total. The maximum absolute atomic E-state index is 13.9. The normalized spacial score (nSPS) is 14.9. The van der Waals surface area contributed by atoms with Crippen molar-refractivity contribution in [2.45, 2.75) is 50.7 Å². The molecule has 8 heteroatoms. The molecule has 2 amide bonds. The molecular formula is C26H30N2O5S. The number of rotatable bonds is 9. The third-order valence-electron chi connectivity index (χ3n) is 6.15. The Labute approximate surface area is 203 Å². The fourth-order valence-corrected chi connectivity index (χ4v) is 5.09. The van der Waals surface area contributed by atoms with Gasteiger partial charge in [0.1, 0.15) is 23.3 Å². The van der Waals surface area contributed by atoms with Crippen molar-refractivity contribution in [3.05, 3.63) is 70.3 Å². The van der Waals surface area contributed by atoms with E-state index in [2.05, 4.69) is 5.32 Å². The Morgan fingerprint density at radius 3 is 2.59 bits per heavy atom. The summed E-state index contributed by atoms with van der Waals surface area (Å²) < 4.78 is 16.6. The topological polar surface area (TPSA) is 81.0 Å². The summed E-state index contributed by atoms with van der Waals surface area (Å²) in [6.45, 7) is 0.141. The first-order valence-corrected chi connectivity index (χ1v) is 12.4. The summed E-state index contributed by atoms with van der Waals surface area (Å²) >= 11 is 1.34. The zero-order valence-electron chi connectivity index (χ0n) is 19.5. The lowest BCUT2D eigenvalue weighted by Gasteiger charge is -2.33. The van der Waals surface area contributed by atoms with Crippen molar-refractivity contribution in [1.29, 1.82) is 0 Å². The lowest BCUT2D eigenvalue weighted by atomic mass is 9.94. The summed E-state index contributed by atoms with van der Waals surface area (Å²) in [5.74, 6) is 1.20. The van der Waals surface area contributed by atoms with E-state index in [1.165, 1.54) is 17.8 Å². The molecule has 1 aromatic carbocycles. The van der Waals surface area contributed by atoms with Gasteiger partial charge in [-0.05, 0) is 48.6 Å². The van der Waals surface area contributed by atoms with Gasteiger partial charge in [0.15, 0.2) is 0 Å². The van der Waals surface area contributed by atoms with Gasteiger partial charge in [-0.25, -0.2) is 0 Å². The number of ether oxygens (including phenoxy) is 2. The molecule has 3 aromatic rings. The van der Waals surface area contributed by atoms with Crippen LogP contribution in [0, 0.1) is 0 Å². The number of nitrogens with one attached hydrogen (secondary N) is 1. The molecule has 4 rings (SSSR count). The molecule has 34 heavy (non-hydrogen) atoms. The molecule has 180 valence electrons. The van der Waals surface area contributed by atoms with Crippen molar-refractivity contribution < 1.29 is 23.5 Å². The van der Waals surface area contributed by atoms with Gasteiger partial charge >= 0.3 is 0 Å². The summed E-state index contributed by atoms with van der Waals surface area (Å²) in [6, 6.07) is 11.6. The first-order chi connectivity index (χ1) is 16.6. The number of carbonyl (C=O) groups is 2. The van der Waals surface area contributed by atoms with Gasteiger partial charge < -0.3 is 24.1 Å². The van der Waals surface area contributed by atoms with E-state index in [4.69, 9.17) is 13.9 Å². The summed E-state index contributed by atoms with van der Waals surface area (Å²) in [7, 11) is 3.12. The standard InChI is InChI=1S/C26H30N2O5S/c1-31-19-12-13-21(22(16-19)32-2)24(25(29)27-18-8-4-3-5-9-18)28(17-20-10-6-14-33-20)26(30)23-11-7-15-34-23/h6-7,10-16,18,24H,3-5,8-9,17H2,1-2H3,(H,27,29)/t24-/m0/s1. The molecule has 1 saturated carbocycles. The molecule has 0 aliphatic heterocycles. The number of hydrogen-bond donors (Lipinski definition) is 1. The number of carbonyl (C=O) groups excluding carboxylic acids is 2.